The summed E-state index contributed by atoms with van der Waals surface area (Å²) in [7, 11) is -3.42. The summed E-state index contributed by atoms with van der Waals surface area (Å²) < 4.78 is 29.8. The molecule has 0 radical (unpaired) electrons. The fourth-order valence-corrected chi connectivity index (χ4v) is 5.42. The standard InChI is InChI=1S/C15H25N3O2S/c1-11-4-3-5-12(2)18(11)21(19,20)15-8-14(9-16)17(10-15)13-6-7-13/h8,10-13H,3-7,9,16H2,1-2H3. The zero-order chi connectivity index (χ0) is 15.2. The predicted molar refractivity (Wildman–Crippen MR) is 82.4 cm³/mol. The lowest BCUT2D eigenvalue weighted by molar-refractivity contribution is 0.204. The molecule has 1 aromatic rings. The Bertz CT molecular complexity index is 609. The highest BCUT2D eigenvalue weighted by Gasteiger charge is 2.37. The van der Waals surface area contributed by atoms with Crippen LogP contribution in [0, 0.1) is 0 Å². The van der Waals surface area contributed by atoms with Crippen molar-refractivity contribution in [2.75, 3.05) is 0 Å². The fraction of sp³-hybridized carbons (Fsp3) is 0.733. The first-order valence-electron chi connectivity index (χ1n) is 7.89. The molecule has 21 heavy (non-hydrogen) atoms. The molecule has 0 amide bonds. The fourth-order valence-electron chi connectivity index (χ4n) is 3.49. The second kappa shape index (κ2) is 5.41. The minimum absolute atomic E-state index is 0.0735. The van der Waals surface area contributed by atoms with Crippen molar-refractivity contribution in [1.82, 2.24) is 8.87 Å². The molecular weight excluding hydrogens is 286 g/mol. The van der Waals surface area contributed by atoms with Crippen LogP contribution in [0.1, 0.15) is 57.7 Å². The van der Waals surface area contributed by atoms with Crippen LogP contribution in [0.5, 0.6) is 0 Å². The van der Waals surface area contributed by atoms with Crippen molar-refractivity contribution < 1.29 is 8.42 Å². The summed E-state index contributed by atoms with van der Waals surface area (Å²) in [6.07, 6.45) is 7.03. The van der Waals surface area contributed by atoms with E-state index in [1.54, 1.807) is 16.6 Å². The van der Waals surface area contributed by atoms with E-state index in [4.69, 9.17) is 5.73 Å². The number of sulfonamides is 1. The first-order valence-corrected chi connectivity index (χ1v) is 9.33. The molecule has 2 heterocycles. The third-order valence-corrected chi connectivity index (χ3v) is 6.84. The number of piperidine rings is 1. The molecule has 5 nitrogen and oxygen atoms in total. The summed E-state index contributed by atoms with van der Waals surface area (Å²) in [6, 6.07) is 2.36. The lowest BCUT2D eigenvalue weighted by Gasteiger charge is -2.37. The molecular formula is C15H25N3O2S. The third kappa shape index (κ3) is 2.64. The van der Waals surface area contributed by atoms with Gasteiger partial charge >= 0.3 is 0 Å². The third-order valence-electron chi connectivity index (χ3n) is 4.74. The van der Waals surface area contributed by atoms with Crippen LogP contribution in [0.4, 0.5) is 0 Å². The van der Waals surface area contributed by atoms with Gasteiger partial charge in [-0.2, -0.15) is 4.31 Å². The van der Waals surface area contributed by atoms with Crippen molar-refractivity contribution in [2.24, 2.45) is 5.73 Å². The summed E-state index contributed by atoms with van der Waals surface area (Å²) in [5.74, 6) is 0. The van der Waals surface area contributed by atoms with Crippen LogP contribution in [-0.4, -0.2) is 29.4 Å². The van der Waals surface area contributed by atoms with Gasteiger partial charge in [-0.3, -0.25) is 0 Å². The highest BCUT2D eigenvalue weighted by Crippen LogP contribution is 2.38. The van der Waals surface area contributed by atoms with Gasteiger partial charge in [0.15, 0.2) is 0 Å². The van der Waals surface area contributed by atoms with E-state index in [0.29, 0.717) is 17.5 Å². The van der Waals surface area contributed by atoms with Crippen LogP contribution in [0.25, 0.3) is 0 Å². The van der Waals surface area contributed by atoms with Crippen LogP contribution in [0.3, 0.4) is 0 Å². The Morgan fingerprint density at radius 2 is 1.81 bits per heavy atom. The van der Waals surface area contributed by atoms with E-state index in [1.807, 2.05) is 13.8 Å². The zero-order valence-electron chi connectivity index (χ0n) is 12.8. The van der Waals surface area contributed by atoms with Crippen LogP contribution in [0.2, 0.25) is 0 Å². The van der Waals surface area contributed by atoms with E-state index in [2.05, 4.69) is 4.57 Å². The van der Waals surface area contributed by atoms with Gasteiger partial charge in [0.2, 0.25) is 10.0 Å². The highest BCUT2D eigenvalue weighted by atomic mass is 32.2. The molecule has 6 heteroatoms. The molecule has 0 bridgehead atoms. The SMILES string of the molecule is CC1CCCC(C)N1S(=O)(=O)c1cc(CN)n(C2CC2)c1. The highest BCUT2D eigenvalue weighted by molar-refractivity contribution is 7.89. The van der Waals surface area contributed by atoms with Crippen molar-refractivity contribution in [3.63, 3.8) is 0 Å². The Morgan fingerprint density at radius 3 is 2.33 bits per heavy atom. The molecule has 2 atom stereocenters. The first kappa shape index (κ1) is 15.1. The summed E-state index contributed by atoms with van der Waals surface area (Å²) in [4.78, 5) is 0.412. The van der Waals surface area contributed by atoms with Crippen molar-refractivity contribution in [1.29, 1.82) is 0 Å². The van der Waals surface area contributed by atoms with Gasteiger partial charge in [-0.15, -0.1) is 0 Å². The summed E-state index contributed by atoms with van der Waals surface area (Å²) in [5, 5.41) is 0. The lowest BCUT2D eigenvalue weighted by atomic mass is 10.0. The molecule has 0 spiro atoms. The van der Waals surface area contributed by atoms with Gasteiger partial charge in [-0.1, -0.05) is 6.42 Å². The average Bonchev–Trinajstić information content (AvgIpc) is 3.16. The molecule has 118 valence electrons. The number of nitrogens with two attached hydrogens (primary N) is 1. The van der Waals surface area contributed by atoms with Gasteiger partial charge in [0.1, 0.15) is 4.90 Å². The van der Waals surface area contributed by atoms with Crippen LogP contribution < -0.4 is 5.73 Å². The molecule has 1 saturated heterocycles. The topological polar surface area (TPSA) is 68.3 Å². The number of nitrogens with zero attached hydrogens (tertiary/aromatic N) is 2. The second-order valence-corrected chi connectivity index (χ2v) is 8.32. The Balaban J connectivity index is 1.97. The first-order chi connectivity index (χ1) is 9.95. The number of hydrogen-bond donors (Lipinski definition) is 1. The number of aromatic nitrogens is 1. The van der Waals surface area contributed by atoms with Gasteiger partial charge in [0.05, 0.1) is 0 Å². The Morgan fingerprint density at radius 1 is 1.19 bits per heavy atom. The summed E-state index contributed by atoms with van der Waals surface area (Å²) in [5.41, 5.74) is 6.70. The maximum atomic E-state index is 13.0. The smallest absolute Gasteiger partial charge is 0.245 e. The lowest BCUT2D eigenvalue weighted by Crippen LogP contribution is -2.47. The molecule has 2 aliphatic rings. The second-order valence-electron chi connectivity index (χ2n) is 6.47. The molecule has 0 aromatic carbocycles. The van der Waals surface area contributed by atoms with Crippen molar-refractivity contribution >= 4 is 10.0 Å². The van der Waals surface area contributed by atoms with E-state index in [1.165, 1.54) is 0 Å². The van der Waals surface area contributed by atoms with E-state index in [-0.39, 0.29) is 12.1 Å². The Kier molecular flexibility index (Phi) is 3.88. The molecule has 1 aromatic heterocycles. The molecule has 2 N–H and O–H groups in total. The largest absolute Gasteiger partial charge is 0.346 e. The number of hydrogen-bond acceptors (Lipinski definition) is 3. The minimum atomic E-state index is -3.42. The van der Waals surface area contributed by atoms with Crippen molar-refractivity contribution in [3.8, 4) is 0 Å². The van der Waals surface area contributed by atoms with Gasteiger partial charge in [0.25, 0.3) is 0 Å². The quantitative estimate of drug-likeness (QED) is 0.927. The van der Waals surface area contributed by atoms with E-state index in [9.17, 15) is 8.42 Å². The van der Waals surface area contributed by atoms with Gasteiger partial charge in [-0.25, -0.2) is 8.42 Å². The summed E-state index contributed by atoms with van der Waals surface area (Å²) >= 11 is 0. The van der Waals surface area contributed by atoms with Crippen LogP contribution >= 0.6 is 0 Å². The van der Waals surface area contributed by atoms with Gasteiger partial charge < -0.3 is 10.3 Å². The normalized spacial score (nSPS) is 28.0. The van der Waals surface area contributed by atoms with Gasteiger partial charge in [-0.05, 0) is 45.6 Å². The van der Waals surface area contributed by atoms with E-state index >= 15 is 0 Å². The van der Waals surface area contributed by atoms with E-state index in [0.717, 1.165) is 37.8 Å². The molecule has 2 fully saturated rings. The molecule has 3 rings (SSSR count). The minimum Gasteiger partial charge on any atom is -0.346 e. The van der Waals surface area contributed by atoms with Gasteiger partial charge in [0, 0.05) is 36.6 Å². The molecule has 1 aliphatic heterocycles. The maximum Gasteiger partial charge on any atom is 0.245 e. The van der Waals surface area contributed by atoms with Crippen LogP contribution in [0.15, 0.2) is 17.2 Å². The predicted octanol–water partition coefficient (Wildman–Crippen LogP) is 2.23. The van der Waals surface area contributed by atoms with Crippen molar-refractivity contribution in [3.05, 3.63) is 18.0 Å². The maximum absolute atomic E-state index is 13.0. The Labute approximate surface area is 127 Å². The number of rotatable bonds is 4. The van der Waals surface area contributed by atoms with Crippen LogP contribution in [-0.2, 0) is 16.6 Å². The monoisotopic (exact) mass is 311 g/mol. The van der Waals surface area contributed by atoms with Crippen molar-refractivity contribution in [2.45, 2.75) is 75.5 Å². The Hall–Kier alpha value is -0.850. The average molecular weight is 311 g/mol. The van der Waals surface area contributed by atoms with E-state index < -0.39 is 10.0 Å². The molecule has 1 saturated carbocycles. The molecule has 2 unspecified atom stereocenters. The zero-order valence-corrected chi connectivity index (χ0v) is 13.6. The summed E-state index contributed by atoms with van der Waals surface area (Å²) in [6.45, 7) is 4.40. The molecule has 1 aliphatic carbocycles.